The first-order valence-corrected chi connectivity index (χ1v) is 13.3. The van der Waals surface area contributed by atoms with E-state index in [0.29, 0.717) is 52.4 Å². The molecule has 13 heteroatoms. The Morgan fingerprint density at radius 3 is 2.71 bits per heavy atom. The van der Waals surface area contributed by atoms with E-state index in [1.165, 1.54) is 43.7 Å². The van der Waals surface area contributed by atoms with Gasteiger partial charge in [0.1, 0.15) is 17.7 Å². The van der Waals surface area contributed by atoms with Gasteiger partial charge in [0, 0.05) is 36.1 Å². The maximum absolute atomic E-state index is 14.0. The number of ether oxygens (including phenoxy) is 1. The summed E-state index contributed by atoms with van der Waals surface area (Å²) in [5.74, 6) is 0.308. The zero-order valence-electron chi connectivity index (χ0n) is 20.1. The molecule has 0 atom stereocenters. The smallest absolute Gasteiger partial charge is 0.306 e. The highest BCUT2D eigenvalue weighted by molar-refractivity contribution is 7.89. The number of methoxy groups -OCH3 is 1. The second-order valence-electron chi connectivity index (χ2n) is 8.11. The molecule has 5 rings (SSSR count). The van der Waals surface area contributed by atoms with Crippen molar-refractivity contribution in [3.8, 4) is 28.4 Å². The molecule has 2 N–H and O–H groups in total. The molecule has 38 heavy (non-hydrogen) atoms. The predicted molar refractivity (Wildman–Crippen MR) is 140 cm³/mol. The number of rotatable bonds is 10. The monoisotopic (exact) mass is 556 g/mol. The minimum atomic E-state index is -3.63. The third-order valence-electron chi connectivity index (χ3n) is 5.64. The number of nitrogens with zero attached hydrogens (tertiary/aromatic N) is 4. The first kappa shape index (κ1) is 25.6. The molecule has 10 nitrogen and oxygen atoms in total. The first-order chi connectivity index (χ1) is 18.4. The van der Waals surface area contributed by atoms with E-state index in [9.17, 15) is 12.8 Å². The van der Waals surface area contributed by atoms with Gasteiger partial charge in [0.2, 0.25) is 16.0 Å². The fourth-order valence-electron chi connectivity index (χ4n) is 3.81. The quantitative estimate of drug-likeness (QED) is 0.239. The van der Waals surface area contributed by atoms with Crippen LogP contribution in [0.1, 0.15) is 6.42 Å². The second kappa shape index (κ2) is 10.8. The predicted octanol–water partition coefficient (Wildman–Crippen LogP) is 4.63. The maximum atomic E-state index is 14.0. The molecule has 0 aliphatic carbocycles. The van der Waals surface area contributed by atoms with Crippen molar-refractivity contribution in [2.24, 2.45) is 0 Å². The van der Waals surface area contributed by atoms with E-state index in [0.717, 1.165) is 0 Å². The Kier molecular flexibility index (Phi) is 7.27. The number of oxazole rings is 1. The van der Waals surface area contributed by atoms with Crippen LogP contribution in [-0.4, -0.2) is 48.0 Å². The molecular weight excluding hydrogens is 535 g/mol. The highest BCUT2D eigenvalue weighted by Gasteiger charge is 2.20. The number of benzene rings is 2. The van der Waals surface area contributed by atoms with E-state index in [-0.39, 0.29) is 17.2 Å². The summed E-state index contributed by atoms with van der Waals surface area (Å²) in [6.45, 7) is 0.634. The normalized spacial score (nSPS) is 11.7. The SMILES string of the molecule is COc1cc(-c2nc3occn3c2-c2ccnc(NCCCNS(=O)(=O)c3ccc(Cl)cc3)n2)ccc1F. The van der Waals surface area contributed by atoms with Gasteiger partial charge in [-0.05, 0) is 55.0 Å². The van der Waals surface area contributed by atoms with Crippen molar-refractivity contribution in [1.29, 1.82) is 0 Å². The largest absolute Gasteiger partial charge is 0.494 e. The summed E-state index contributed by atoms with van der Waals surface area (Å²) in [4.78, 5) is 13.6. The molecule has 3 aromatic heterocycles. The summed E-state index contributed by atoms with van der Waals surface area (Å²) in [6.07, 6.45) is 5.30. The first-order valence-electron chi connectivity index (χ1n) is 11.5. The van der Waals surface area contributed by atoms with Crippen LogP contribution in [0, 0.1) is 5.82 Å². The summed E-state index contributed by atoms with van der Waals surface area (Å²) in [7, 11) is -2.24. The Bertz CT molecular complexity index is 1690. The van der Waals surface area contributed by atoms with Crippen LogP contribution in [0.25, 0.3) is 28.5 Å². The van der Waals surface area contributed by atoms with Crippen molar-refractivity contribution in [3.05, 3.63) is 78.0 Å². The van der Waals surface area contributed by atoms with Crippen molar-refractivity contribution < 1.29 is 22.0 Å². The molecule has 0 saturated carbocycles. The van der Waals surface area contributed by atoms with Gasteiger partial charge >= 0.3 is 5.84 Å². The van der Waals surface area contributed by atoms with Gasteiger partial charge in [-0.25, -0.2) is 27.5 Å². The number of halogens is 2. The zero-order chi connectivity index (χ0) is 26.7. The van der Waals surface area contributed by atoms with Gasteiger partial charge in [0.25, 0.3) is 0 Å². The standard InChI is InChI=1S/C25H22ClFN6O4S/c1-36-21-15-16(3-8-19(21)27)22-23(33-13-14-37-25(33)32-22)20-9-12-29-24(31-20)28-10-2-11-30-38(34,35)18-6-4-17(26)5-7-18/h3-9,12-15,30H,2,10-11H2,1H3,(H,28,29,31). The van der Waals surface area contributed by atoms with Crippen molar-refractivity contribution in [3.63, 3.8) is 0 Å². The average Bonchev–Trinajstić information content (AvgIpc) is 3.51. The lowest BCUT2D eigenvalue weighted by Crippen LogP contribution is -2.26. The number of aromatic nitrogens is 4. The number of hydrogen-bond donors (Lipinski definition) is 2. The Morgan fingerprint density at radius 1 is 1.11 bits per heavy atom. The molecule has 0 saturated heterocycles. The van der Waals surface area contributed by atoms with Gasteiger partial charge in [0.05, 0.1) is 17.7 Å². The summed E-state index contributed by atoms with van der Waals surface area (Å²) < 4.78 is 53.7. The zero-order valence-corrected chi connectivity index (χ0v) is 21.6. The molecule has 0 spiro atoms. The van der Waals surface area contributed by atoms with Gasteiger partial charge in [-0.1, -0.05) is 11.6 Å². The van der Waals surface area contributed by atoms with Gasteiger partial charge in [-0.2, -0.15) is 4.98 Å². The summed E-state index contributed by atoms with van der Waals surface area (Å²) in [6, 6.07) is 12.2. The molecule has 0 aliphatic rings. The van der Waals surface area contributed by atoms with Gasteiger partial charge in [0.15, 0.2) is 11.6 Å². The fraction of sp³-hybridized carbons (Fsp3) is 0.160. The molecule has 0 unspecified atom stereocenters. The van der Waals surface area contributed by atoms with E-state index in [4.69, 9.17) is 20.8 Å². The lowest BCUT2D eigenvalue weighted by molar-refractivity contribution is 0.387. The van der Waals surface area contributed by atoms with Crippen LogP contribution in [0.15, 0.2) is 76.5 Å². The van der Waals surface area contributed by atoms with Gasteiger partial charge in [-0.3, -0.25) is 4.40 Å². The molecule has 0 aliphatic heterocycles. The average molecular weight is 557 g/mol. The Labute approximate surface area is 222 Å². The van der Waals surface area contributed by atoms with Gasteiger partial charge in [-0.15, -0.1) is 0 Å². The summed E-state index contributed by atoms with van der Waals surface area (Å²) in [5.41, 5.74) is 2.34. The van der Waals surface area contributed by atoms with Crippen LogP contribution in [-0.2, 0) is 10.0 Å². The topological polar surface area (TPSA) is 124 Å². The molecule has 196 valence electrons. The van der Waals surface area contributed by atoms with E-state index in [1.807, 2.05) is 0 Å². The number of nitrogens with one attached hydrogen (secondary N) is 2. The number of sulfonamides is 1. The van der Waals surface area contributed by atoms with Crippen LogP contribution in [0.4, 0.5) is 10.3 Å². The molecule has 0 radical (unpaired) electrons. The van der Waals surface area contributed by atoms with E-state index >= 15 is 0 Å². The van der Waals surface area contributed by atoms with Crippen LogP contribution < -0.4 is 14.8 Å². The van der Waals surface area contributed by atoms with E-state index < -0.39 is 15.8 Å². The Morgan fingerprint density at radius 2 is 1.92 bits per heavy atom. The Balaban J connectivity index is 1.30. The van der Waals surface area contributed by atoms with Crippen molar-refractivity contribution >= 4 is 33.4 Å². The molecule has 3 heterocycles. The molecule has 0 bridgehead atoms. The van der Waals surface area contributed by atoms with E-state index in [1.54, 1.807) is 35.0 Å². The van der Waals surface area contributed by atoms with Crippen molar-refractivity contribution in [2.45, 2.75) is 11.3 Å². The number of hydrogen-bond acceptors (Lipinski definition) is 8. The van der Waals surface area contributed by atoms with Crippen LogP contribution in [0.5, 0.6) is 5.75 Å². The lowest BCUT2D eigenvalue weighted by Gasteiger charge is -2.09. The van der Waals surface area contributed by atoms with Gasteiger partial charge < -0.3 is 14.5 Å². The molecule has 5 aromatic rings. The number of imidazole rings is 1. The minimum absolute atomic E-state index is 0.0924. The molecule has 0 amide bonds. The van der Waals surface area contributed by atoms with Crippen LogP contribution >= 0.6 is 11.6 Å². The highest BCUT2D eigenvalue weighted by Crippen LogP contribution is 2.34. The summed E-state index contributed by atoms with van der Waals surface area (Å²) >= 11 is 5.83. The van der Waals surface area contributed by atoms with Crippen molar-refractivity contribution in [1.82, 2.24) is 24.1 Å². The number of fused-ring (bicyclic) bond motifs is 1. The Hall–Kier alpha value is -4.00. The fourth-order valence-corrected chi connectivity index (χ4v) is 5.01. The van der Waals surface area contributed by atoms with E-state index in [2.05, 4.69) is 25.0 Å². The highest BCUT2D eigenvalue weighted by atomic mass is 35.5. The van der Waals surface area contributed by atoms with Crippen LogP contribution in [0.2, 0.25) is 5.02 Å². The lowest BCUT2D eigenvalue weighted by atomic mass is 10.1. The molecule has 0 fully saturated rings. The molecular formula is C25H22ClFN6O4S. The third-order valence-corrected chi connectivity index (χ3v) is 7.37. The third kappa shape index (κ3) is 5.32. The van der Waals surface area contributed by atoms with Crippen molar-refractivity contribution in [2.75, 3.05) is 25.5 Å². The maximum Gasteiger partial charge on any atom is 0.306 e. The summed E-state index contributed by atoms with van der Waals surface area (Å²) in [5, 5.41) is 3.57. The minimum Gasteiger partial charge on any atom is -0.494 e. The second-order valence-corrected chi connectivity index (χ2v) is 10.3. The molecule has 2 aromatic carbocycles. The number of anilines is 1. The van der Waals surface area contributed by atoms with Crippen LogP contribution in [0.3, 0.4) is 0 Å².